The van der Waals surface area contributed by atoms with Gasteiger partial charge in [0, 0.05) is 52.4 Å². The summed E-state index contributed by atoms with van der Waals surface area (Å²) in [6, 6.07) is 15.9. The third-order valence-corrected chi connectivity index (χ3v) is 6.75. The second-order valence-electron chi connectivity index (χ2n) is 7.11. The lowest BCUT2D eigenvalue weighted by Crippen LogP contribution is -2.49. The van der Waals surface area contributed by atoms with Crippen molar-refractivity contribution < 1.29 is 17.9 Å². The number of sulfonamides is 1. The number of piperazine rings is 1. The molecule has 29 heavy (non-hydrogen) atoms. The number of rotatable bonds is 7. The third-order valence-electron chi connectivity index (χ3n) is 4.94. The molecule has 2 aromatic carbocycles. The van der Waals surface area contributed by atoms with Gasteiger partial charge in [0.15, 0.2) is 0 Å². The van der Waals surface area contributed by atoms with Gasteiger partial charge in [0.2, 0.25) is 10.0 Å². The first-order valence-corrected chi connectivity index (χ1v) is 11.0. The predicted octanol–water partition coefficient (Wildman–Crippen LogP) is 1.77. The number of ether oxygens (including phenoxy) is 1. The van der Waals surface area contributed by atoms with E-state index in [1.165, 1.54) is 26.2 Å². The first-order chi connectivity index (χ1) is 13.9. The number of carbonyl (C=O) groups excluding carboxylic acids is 1. The monoisotopic (exact) mass is 417 g/mol. The Morgan fingerprint density at radius 1 is 1.00 bits per heavy atom. The molecule has 0 bridgehead atoms. The van der Waals surface area contributed by atoms with Crippen molar-refractivity contribution in [2.45, 2.75) is 4.90 Å². The zero-order valence-corrected chi connectivity index (χ0v) is 17.6. The molecule has 0 unspecified atom stereocenters. The van der Waals surface area contributed by atoms with Gasteiger partial charge in [0.1, 0.15) is 12.4 Å². The lowest BCUT2D eigenvalue weighted by molar-refractivity contribution is 0.0620. The van der Waals surface area contributed by atoms with Crippen molar-refractivity contribution in [3.05, 3.63) is 60.2 Å². The molecular weight excluding hydrogens is 390 g/mol. The average Bonchev–Trinajstić information content (AvgIpc) is 2.74. The summed E-state index contributed by atoms with van der Waals surface area (Å²) in [6.45, 7) is 4.14. The Hall–Kier alpha value is -2.42. The number of hydrogen-bond acceptors (Lipinski definition) is 5. The van der Waals surface area contributed by atoms with Crippen LogP contribution < -0.4 is 4.74 Å². The predicted molar refractivity (Wildman–Crippen MR) is 112 cm³/mol. The van der Waals surface area contributed by atoms with E-state index in [4.69, 9.17) is 4.74 Å². The Bertz CT molecular complexity index is 924. The largest absolute Gasteiger partial charge is 0.492 e. The van der Waals surface area contributed by atoms with Crippen LogP contribution in [0.3, 0.4) is 0 Å². The van der Waals surface area contributed by atoms with Gasteiger partial charge >= 0.3 is 0 Å². The van der Waals surface area contributed by atoms with E-state index in [0.29, 0.717) is 25.3 Å². The topological polar surface area (TPSA) is 70.2 Å². The quantitative estimate of drug-likeness (QED) is 0.687. The molecule has 2 aromatic rings. The zero-order chi connectivity index (χ0) is 20.9. The van der Waals surface area contributed by atoms with E-state index in [-0.39, 0.29) is 10.8 Å². The maximum atomic E-state index is 12.8. The number of nitrogens with zero attached hydrogens (tertiary/aromatic N) is 3. The second kappa shape index (κ2) is 9.39. The highest BCUT2D eigenvalue weighted by Crippen LogP contribution is 2.17. The van der Waals surface area contributed by atoms with Gasteiger partial charge < -0.3 is 9.64 Å². The molecule has 1 aliphatic heterocycles. The fourth-order valence-corrected chi connectivity index (χ4v) is 4.11. The number of amides is 1. The number of hydrogen-bond donors (Lipinski definition) is 0. The molecule has 0 atom stereocenters. The molecule has 3 rings (SSSR count). The van der Waals surface area contributed by atoms with Crippen molar-refractivity contribution in [3.8, 4) is 5.75 Å². The van der Waals surface area contributed by atoms with E-state index < -0.39 is 10.0 Å². The van der Waals surface area contributed by atoms with Crippen LogP contribution in [0.1, 0.15) is 10.4 Å². The van der Waals surface area contributed by atoms with Crippen molar-refractivity contribution in [2.24, 2.45) is 0 Å². The molecule has 0 radical (unpaired) electrons. The fourth-order valence-electron chi connectivity index (χ4n) is 3.17. The number of para-hydroxylation sites is 1. The summed E-state index contributed by atoms with van der Waals surface area (Å²) < 4.78 is 31.5. The molecule has 8 heteroatoms. The fraction of sp³-hybridized carbons (Fsp3) is 0.381. The molecule has 1 saturated heterocycles. The Morgan fingerprint density at radius 3 is 2.34 bits per heavy atom. The zero-order valence-electron chi connectivity index (χ0n) is 16.8. The molecule has 0 N–H and O–H groups in total. The Kier molecular flexibility index (Phi) is 6.89. The lowest BCUT2D eigenvalue weighted by Gasteiger charge is -2.34. The first kappa shape index (κ1) is 21.3. The highest BCUT2D eigenvalue weighted by Gasteiger charge is 2.24. The minimum atomic E-state index is -3.57. The molecule has 1 amide bonds. The summed E-state index contributed by atoms with van der Waals surface area (Å²) in [5.74, 6) is 0.717. The van der Waals surface area contributed by atoms with Gasteiger partial charge in [-0.25, -0.2) is 12.7 Å². The van der Waals surface area contributed by atoms with Gasteiger partial charge in [-0.15, -0.1) is 0 Å². The van der Waals surface area contributed by atoms with Gasteiger partial charge in [0.05, 0.1) is 4.90 Å². The van der Waals surface area contributed by atoms with Crippen LogP contribution in [0.2, 0.25) is 0 Å². The third kappa shape index (κ3) is 5.35. The molecule has 1 fully saturated rings. The summed E-state index contributed by atoms with van der Waals surface area (Å²) >= 11 is 0. The minimum Gasteiger partial charge on any atom is -0.492 e. The summed E-state index contributed by atoms with van der Waals surface area (Å²) in [5.41, 5.74) is 0.397. The number of carbonyl (C=O) groups is 1. The van der Waals surface area contributed by atoms with Crippen molar-refractivity contribution in [1.29, 1.82) is 0 Å². The van der Waals surface area contributed by atoms with Gasteiger partial charge in [-0.05, 0) is 30.3 Å². The van der Waals surface area contributed by atoms with Crippen molar-refractivity contribution in [2.75, 3.05) is 53.4 Å². The molecular formula is C21H27N3O4S. The minimum absolute atomic E-state index is 0.130. The molecule has 0 saturated carbocycles. The summed E-state index contributed by atoms with van der Waals surface area (Å²) in [7, 11) is -0.612. The first-order valence-electron chi connectivity index (χ1n) is 9.60. The molecule has 1 heterocycles. The molecule has 7 nitrogen and oxygen atoms in total. The summed E-state index contributed by atoms with van der Waals surface area (Å²) in [4.78, 5) is 17.0. The maximum Gasteiger partial charge on any atom is 0.253 e. The van der Waals surface area contributed by atoms with E-state index in [9.17, 15) is 13.2 Å². The van der Waals surface area contributed by atoms with Crippen LogP contribution in [0.25, 0.3) is 0 Å². The Morgan fingerprint density at radius 2 is 1.69 bits per heavy atom. The van der Waals surface area contributed by atoms with Crippen LogP contribution in [0.15, 0.2) is 59.5 Å². The Labute approximate surface area is 172 Å². The Balaban J connectivity index is 1.52. The molecule has 156 valence electrons. The highest BCUT2D eigenvalue weighted by molar-refractivity contribution is 7.89. The van der Waals surface area contributed by atoms with Gasteiger partial charge in [-0.2, -0.15) is 0 Å². The summed E-state index contributed by atoms with van der Waals surface area (Å²) in [5, 5.41) is 0. The van der Waals surface area contributed by atoms with Crippen LogP contribution in [0, 0.1) is 0 Å². The second-order valence-corrected chi connectivity index (χ2v) is 9.26. The van der Waals surface area contributed by atoms with Gasteiger partial charge in [-0.1, -0.05) is 24.3 Å². The molecule has 0 aromatic heterocycles. The van der Waals surface area contributed by atoms with Crippen molar-refractivity contribution in [3.63, 3.8) is 0 Å². The van der Waals surface area contributed by atoms with Crippen LogP contribution >= 0.6 is 0 Å². The smallest absolute Gasteiger partial charge is 0.253 e. The standard InChI is InChI=1S/C21H27N3O4S/c1-22(2)29(26,27)20-10-6-7-18(17-20)21(25)24-13-11-23(12-14-24)15-16-28-19-8-4-3-5-9-19/h3-10,17H,11-16H2,1-2H3. The maximum absolute atomic E-state index is 12.8. The highest BCUT2D eigenvalue weighted by atomic mass is 32.2. The van der Waals surface area contributed by atoms with Crippen molar-refractivity contribution in [1.82, 2.24) is 14.1 Å². The number of benzene rings is 2. The van der Waals surface area contributed by atoms with Gasteiger partial charge in [-0.3, -0.25) is 9.69 Å². The average molecular weight is 418 g/mol. The molecule has 0 aliphatic carbocycles. The van der Waals surface area contributed by atoms with Crippen LogP contribution in [-0.4, -0.2) is 81.9 Å². The molecule has 1 aliphatic rings. The normalized spacial score (nSPS) is 15.5. The lowest BCUT2D eigenvalue weighted by atomic mass is 10.2. The summed E-state index contributed by atoms with van der Waals surface area (Å²) in [6.07, 6.45) is 0. The van der Waals surface area contributed by atoms with Crippen molar-refractivity contribution >= 4 is 15.9 Å². The van der Waals surface area contributed by atoms with Crippen LogP contribution in [0.5, 0.6) is 5.75 Å². The molecule has 0 spiro atoms. The van der Waals surface area contributed by atoms with Crippen LogP contribution in [-0.2, 0) is 10.0 Å². The van der Waals surface area contributed by atoms with Gasteiger partial charge in [0.25, 0.3) is 5.91 Å². The van der Waals surface area contributed by atoms with E-state index in [1.54, 1.807) is 17.0 Å². The SMILES string of the molecule is CN(C)S(=O)(=O)c1cccc(C(=O)N2CCN(CCOc3ccccc3)CC2)c1. The van der Waals surface area contributed by atoms with E-state index >= 15 is 0 Å². The van der Waals surface area contributed by atoms with E-state index in [2.05, 4.69) is 4.90 Å². The van der Waals surface area contributed by atoms with E-state index in [1.807, 2.05) is 30.3 Å². The van der Waals surface area contributed by atoms with E-state index in [0.717, 1.165) is 29.7 Å². The van der Waals surface area contributed by atoms with Crippen LogP contribution in [0.4, 0.5) is 0 Å².